The van der Waals surface area contributed by atoms with E-state index in [1.165, 1.54) is 42.5 Å². The third kappa shape index (κ3) is 6.57. The van der Waals surface area contributed by atoms with Crippen LogP contribution in [-0.4, -0.2) is 50.8 Å². The van der Waals surface area contributed by atoms with Crippen LogP contribution in [-0.2, 0) is 14.8 Å². The van der Waals surface area contributed by atoms with Crippen LogP contribution in [0.5, 0.6) is 5.75 Å². The molecular formula is C26H26Cl2N4O5S. The Bertz CT molecular complexity index is 1400. The minimum absolute atomic E-state index is 0.0832. The van der Waals surface area contributed by atoms with E-state index in [0.717, 1.165) is 17.3 Å². The summed E-state index contributed by atoms with van der Waals surface area (Å²) >= 11 is 12.2. The molecule has 0 aliphatic carbocycles. The summed E-state index contributed by atoms with van der Waals surface area (Å²) in [5.41, 5.74) is 6.30. The van der Waals surface area contributed by atoms with E-state index in [4.69, 9.17) is 33.8 Å². The highest BCUT2D eigenvalue weighted by Crippen LogP contribution is 2.32. The number of nitrogens with one attached hydrogen (secondary N) is 1. The molecule has 4 rings (SSSR count). The molecule has 0 aromatic heterocycles. The fourth-order valence-corrected chi connectivity index (χ4v) is 5.51. The lowest BCUT2D eigenvalue weighted by molar-refractivity contribution is -0.131. The van der Waals surface area contributed by atoms with E-state index in [1.54, 1.807) is 35.2 Å². The lowest BCUT2D eigenvalue weighted by Gasteiger charge is -2.30. The molecule has 12 heteroatoms. The van der Waals surface area contributed by atoms with Gasteiger partial charge in [-0.2, -0.15) is 8.42 Å². The smallest absolute Gasteiger partial charge is 0.295 e. The van der Waals surface area contributed by atoms with E-state index >= 15 is 0 Å². The maximum Gasteiger partial charge on any atom is 0.295 e. The molecule has 2 amide bonds. The van der Waals surface area contributed by atoms with Crippen LogP contribution in [0.15, 0.2) is 77.7 Å². The number of hydrogen-bond acceptors (Lipinski definition) is 6. The highest BCUT2D eigenvalue weighted by molar-refractivity contribution is 7.92. The van der Waals surface area contributed by atoms with Crippen LogP contribution in [0, 0.1) is 0 Å². The fraction of sp³-hybridized carbons (Fsp3) is 0.231. The number of halogens is 2. The van der Waals surface area contributed by atoms with E-state index in [2.05, 4.69) is 5.32 Å². The van der Waals surface area contributed by atoms with Gasteiger partial charge in [0.15, 0.2) is 5.75 Å². The Balaban J connectivity index is 1.49. The molecule has 38 heavy (non-hydrogen) atoms. The van der Waals surface area contributed by atoms with Crippen LogP contribution in [0.4, 0.5) is 5.69 Å². The van der Waals surface area contributed by atoms with Crippen molar-refractivity contribution >= 4 is 50.7 Å². The van der Waals surface area contributed by atoms with Gasteiger partial charge in [-0.1, -0.05) is 45.9 Å². The second-order valence-corrected chi connectivity index (χ2v) is 11.3. The van der Waals surface area contributed by atoms with Gasteiger partial charge >= 0.3 is 0 Å². The van der Waals surface area contributed by atoms with Crippen molar-refractivity contribution in [2.24, 2.45) is 5.73 Å². The summed E-state index contributed by atoms with van der Waals surface area (Å²) in [6.45, 7) is 0.957. The van der Waals surface area contributed by atoms with Crippen molar-refractivity contribution in [1.29, 1.82) is 0 Å². The number of nitrogens with two attached hydrogens (primary N) is 1. The average molecular weight is 577 g/mol. The van der Waals surface area contributed by atoms with E-state index in [-0.39, 0.29) is 45.4 Å². The van der Waals surface area contributed by atoms with E-state index in [0.29, 0.717) is 18.1 Å². The predicted octanol–water partition coefficient (Wildman–Crippen LogP) is 3.86. The molecule has 1 fully saturated rings. The Morgan fingerprint density at radius 2 is 1.66 bits per heavy atom. The summed E-state index contributed by atoms with van der Waals surface area (Å²) < 4.78 is 27.9. The Hall–Kier alpha value is -3.31. The fourth-order valence-electron chi connectivity index (χ4n) is 3.82. The Labute approximate surface area is 231 Å². The van der Waals surface area contributed by atoms with Crippen LogP contribution in [0.1, 0.15) is 23.2 Å². The van der Waals surface area contributed by atoms with E-state index < -0.39 is 15.9 Å². The highest BCUT2D eigenvalue weighted by atomic mass is 35.5. The number of hydrogen-bond donors (Lipinski definition) is 2. The SMILES string of the molecule is NC1CCN(C(=O)CNC(=O)c2ccc(S(=O)(=O)N(Oc3ccc(Cl)cc3Cl)c3ccccc3)cc2)CC1. The normalized spacial score (nSPS) is 14.1. The molecule has 0 spiro atoms. The zero-order valence-corrected chi connectivity index (χ0v) is 22.5. The van der Waals surface area contributed by atoms with Crippen LogP contribution in [0.25, 0.3) is 0 Å². The summed E-state index contributed by atoms with van der Waals surface area (Å²) in [5, 5.41) is 3.08. The Kier molecular flexibility index (Phi) is 8.78. The molecule has 0 atom stereocenters. The molecule has 1 aliphatic heterocycles. The summed E-state index contributed by atoms with van der Waals surface area (Å²) in [6, 6.07) is 18.0. The molecule has 1 heterocycles. The molecule has 3 aromatic rings. The maximum atomic E-state index is 13.6. The number of carbonyl (C=O) groups is 2. The number of likely N-dealkylation sites (tertiary alicyclic amines) is 1. The van der Waals surface area contributed by atoms with Crippen LogP contribution >= 0.6 is 23.2 Å². The zero-order chi connectivity index (χ0) is 27.3. The van der Waals surface area contributed by atoms with Crippen molar-refractivity contribution in [2.45, 2.75) is 23.8 Å². The Morgan fingerprint density at radius 1 is 1.00 bits per heavy atom. The van der Waals surface area contributed by atoms with Gasteiger partial charge in [0.25, 0.3) is 15.9 Å². The highest BCUT2D eigenvalue weighted by Gasteiger charge is 2.29. The van der Waals surface area contributed by atoms with Gasteiger partial charge in [0, 0.05) is 29.7 Å². The summed E-state index contributed by atoms with van der Waals surface area (Å²) in [7, 11) is -4.25. The number of rotatable bonds is 8. The van der Waals surface area contributed by atoms with Gasteiger partial charge in [0.05, 0.1) is 22.2 Å². The molecule has 9 nitrogen and oxygen atoms in total. The second-order valence-electron chi connectivity index (χ2n) is 8.66. The van der Waals surface area contributed by atoms with Crippen molar-refractivity contribution in [3.05, 3.63) is 88.4 Å². The van der Waals surface area contributed by atoms with Crippen LogP contribution < -0.4 is 20.4 Å². The van der Waals surface area contributed by atoms with Crippen molar-refractivity contribution < 1.29 is 22.8 Å². The Morgan fingerprint density at radius 3 is 2.29 bits per heavy atom. The van der Waals surface area contributed by atoms with Crippen LogP contribution in [0.2, 0.25) is 10.0 Å². The largest absolute Gasteiger partial charge is 0.363 e. The topological polar surface area (TPSA) is 122 Å². The van der Waals surface area contributed by atoms with Gasteiger partial charge in [0.2, 0.25) is 5.91 Å². The number of nitrogens with zero attached hydrogens (tertiary/aromatic N) is 2. The van der Waals surface area contributed by atoms with Gasteiger partial charge in [0.1, 0.15) is 0 Å². The standard InChI is InChI=1S/C26H26Cl2N4O5S/c27-19-8-11-24(23(28)16-19)37-32(21-4-2-1-3-5-21)38(35,36)22-9-6-18(7-10-22)26(34)30-17-25(33)31-14-12-20(29)13-15-31/h1-11,16,20H,12-15,17,29H2,(H,30,34). The van der Waals surface area contributed by atoms with Gasteiger partial charge in [-0.05, 0) is 67.4 Å². The molecule has 0 bridgehead atoms. The zero-order valence-electron chi connectivity index (χ0n) is 20.2. The van der Waals surface area contributed by atoms with E-state index in [1.807, 2.05) is 0 Å². The number of sulfonamides is 1. The minimum atomic E-state index is -4.25. The maximum absolute atomic E-state index is 13.6. The number of para-hydroxylation sites is 1. The summed E-state index contributed by atoms with van der Waals surface area (Å²) in [5.74, 6) is -0.610. The molecule has 3 N–H and O–H groups in total. The van der Waals surface area contributed by atoms with Crippen molar-refractivity contribution in [3.63, 3.8) is 0 Å². The third-order valence-corrected chi connectivity index (χ3v) is 8.09. The van der Waals surface area contributed by atoms with Gasteiger partial charge < -0.3 is 20.8 Å². The molecule has 0 unspecified atom stereocenters. The number of benzene rings is 3. The molecule has 3 aromatic carbocycles. The number of carbonyl (C=O) groups excluding carboxylic acids is 2. The molecule has 0 saturated carbocycles. The van der Waals surface area contributed by atoms with Gasteiger partial charge in [-0.15, -0.1) is 0 Å². The summed E-state index contributed by atoms with van der Waals surface area (Å²) in [4.78, 5) is 32.3. The average Bonchev–Trinajstić information content (AvgIpc) is 2.92. The second kappa shape index (κ2) is 12.0. The lowest BCUT2D eigenvalue weighted by Crippen LogP contribution is -2.46. The molecule has 200 valence electrons. The first-order chi connectivity index (χ1) is 18.1. The first-order valence-corrected chi connectivity index (χ1v) is 14.0. The van der Waals surface area contributed by atoms with Gasteiger partial charge in [-0.3, -0.25) is 9.59 Å². The number of amides is 2. The van der Waals surface area contributed by atoms with Crippen molar-refractivity contribution in [3.8, 4) is 5.75 Å². The molecule has 1 saturated heterocycles. The number of piperidine rings is 1. The summed E-state index contributed by atoms with van der Waals surface area (Å²) in [6.07, 6.45) is 1.45. The van der Waals surface area contributed by atoms with Crippen LogP contribution in [0.3, 0.4) is 0 Å². The lowest BCUT2D eigenvalue weighted by atomic mass is 10.1. The molecule has 0 radical (unpaired) electrons. The quantitative estimate of drug-likeness (QED) is 0.392. The van der Waals surface area contributed by atoms with Gasteiger partial charge in [-0.25, -0.2) is 0 Å². The van der Waals surface area contributed by atoms with Crippen molar-refractivity contribution in [1.82, 2.24) is 10.2 Å². The molecular weight excluding hydrogens is 551 g/mol. The third-order valence-electron chi connectivity index (χ3n) is 5.97. The first-order valence-electron chi connectivity index (χ1n) is 11.8. The van der Waals surface area contributed by atoms with E-state index in [9.17, 15) is 18.0 Å². The van der Waals surface area contributed by atoms with Crippen molar-refractivity contribution in [2.75, 3.05) is 24.1 Å². The number of anilines is 1. The molecule has 1 aliphatic rings. The predicted molar refractivity (Wildman–Crippen MR) is 146 cm³/mol. The minimum Gasteiger partial charge on any atom is -0.363 e. The monoisotopic (exact) mass is 576 g/mol. The first kappa shape index (κ1) is 27.7.